The minimum atomic E-state index is 0.914. The largest absolute Gasteiger partial charge is 0.193 e. The Kier molecular flexibility index (Phi) is 4.91. The molecule has 0 rings (SSSR count). The number of hydrogen-bond acceptors (Lipinski definition) is 1. The van der Waals surface area contributed by atoms with E-state index < -0.39 is 0 Å². The first-order chi connectivity index (χ1) is 4.35. The fourth-order valence-corrected chi connectivity index (χ4v) is 0.632. The summed E-state index contributed by atoms with van der Waals surface area (Å²) in [5, 5.41) is 8.43. The quantitative estimate of drug-likeness (QED) is 0.529. The zero-order valence-electron chi connectivity index (χ0n) is 6.15. The van der Waals surface area contributed by atoms with Crippen molar-refractivity contribution in [1.82, 2.24) is 0 Å². The fourth-order valence-electron chi connectivity index (χ4n) is 0.632. The van der Waals surface area contributed by atoms with Crippen molar-refractivity contribution in [3.63, 3.8) is 0 Å². The molecule has 0 fully saturated rings. The van der Waals surface area contributed by atoms with E-state index in [1.165, 1.54) is 6.42 Å². The van der Waals surface area contributed by atoms with Gasteiger partial charge in [0.2, 0.25) is 0 Å². The SMILES string of the molecule is C/C=C(/C#N)CCCC. The summed E-state index contributed by atoms with van der Waals surface area (Å²) in [4.78, 5) is 0. The van der Waals surface area contributed by atoms with E-state index in [1.54, 1.807) is 0 Å². The monoisotopic (exact) mass is 123 g/mol. The molecule has 0 aliphatic carbocycles. The van der Waals surface area contributed by atoms with Gasteiger partial charge in [-0.05, 0) is 19.8 Å². The van der Waals surface area contributed by atoms with Gasteiger partial charge in [-0.1, -0.05) is 19.4 Å². The summed E-state index contributed by atoms with van der Waals surface area (Å²) in [6.07, 6.45) is 5.13. The molecule has 9 heavy (non-hydrogen) atoms. The maximum absolute atomic E-state index is 8.43. The third-order valence-electron chi connectivity index (χ3n) is 1.29. The van der Waals surface area contributed by atoms with Crippen LogP contribution in [-0.4, -0.2) is 0 Å². The summed E-state index contributed by atoms with van der Waals surface area (Å²) in [7, 11) is 0. The van der Waals surface area contributed by atoms with Gasteiger partial charge in [0.05, 0.1) is 6.07 Å². The van der Waals surface area contributed by atoms with Gasteiger partial charge in [-0.2, -0.15) is 5.26 Å². The average Bonchev–Trinajstić information content (AvgIpc) is 1.91. The van der Waals surface area contributed by atoms with E-state index in [2.05, 4.69) is 13.0 Å². The van der Waals surface area contributed by atoms with Gasteiger partial charge in [0, 0.05) is 5.57 Å². The lowest BCUT2D eigenvalue weighted by molar-refractivity contribution is 0.799. The highest BCUT2D eigenvalue weighted by Crippen LogP contribution is 2.04. The van der Waals surface area contributed by atoms with Crippen molar-refractivity contribution in [3.05, 3.63) is 11.6 Å². The molecule has 50 valence electrons. The molecule has 0 unspecified atom stereocenters. The molecule has 0 radical (unpaired) electrons. The van der Waals surface area contributed by atoms with Crippen LogP contribution < -0.4 is 0 Å². The number of nitriles is 1. The van der Waals surface area contributed by atoms with Crippen LogP contribution >= 0.6 is 0 Å². The van der Waals surface area contributed by atoms with Gasteiger partial charge in [0.15, 0.2) is 0 Å². The van der Waals surface area contributed by atoms with E-state index in [0.29, 0.717) is 0 Å². The molecular formula is C8H13N. The van der Waals surface area contributed by atoms with Gasteiger partial charge in [-0.15, -0.1) is 0 Å². The van der Waals surface area contributed by atoms with Crippen LogP contribution in [0.4, 0.5) is 0 Å². The zero-order valence-corrected chi connectivity index (χ0v) is 6.15. The number of unbranched alkanes of at least 4 members (excludes halogenated alkanes) is 1. The third-order valence-corrected chi connectivity index (χ3v) is 1.29. The number of allylic oxidation sites excluding steroid dienone is 2. The van der Waals surface area contributed by atoms with Gasteiger partial charge in [-0.3, -0.25) is 0 Å². The average molecular weight is 123 g/mol. The Labute approximate surface area is 57.0 Å². The molecular weight excluding hydrogens is 110 g/mol. The Bertz CT molecular complexity index is 128. The lowest BCUT2D eigenvalue weighted by Gasteiger charge is -1.91. The van der Waals surface area contributed by atoms with E-state index in [0.717, 1.165) is 18.4 Å². The van der Waals surface area contributed by atoms with Crippen molar-refractivity contribution < 1.29 is 0 Å². The van der Waals surface area contributed by atoms with Crippen LogP contribution in [0.3, 0.4) is 0 Å². The molecule has 0 saturated heterocycles. The van der Waals surface area contributed by atoms with Crippen LogP contribution in [0.5, 0.6) is 0 Å². The van der Waals surface area contributed by atoms with Crippen LogP contribution in [0.25, 0.3) is 0 Å². The molecule has 0 aliphatic heterocycles. The molecule has 0 bridgehead atoms. The summed E-state index contributed by atoms with van der Waals surface area (Å²) < 4.78 is 0. The topological polar surface area (TPSA) is 23.8 Å². The molecule has 0 aromatic carbocycles. The first-order valence-electron chi connectivity index (χ1n) is 3.40. The summed E-state index contributed by atoms with van der Waals surface area (Å²) in [5.74, 6) is 0. The van der Waals surface area contributed by atoms with Gasteiger partial charge in [0.1, 0.15) is 0 Å². The summed E-state index contributed by atoms with van der Waals surface area (Å²) >= 11 is 0. The van der Waals surface area contributed by atoms with Crippen LogP contribution in [0.2, 0.25) is 0 Å². The highest BCUT2D eigenvalue weighted by molar-refractivity contribution is 5.18. The van der Waals surface area contributed by atoms with Crippen LogP contribution in [0.15, 0.2) is 11.6 Å². The van der Waals surface area contributed by atoms with Crippen molar-refractivity contribution >= 4 is 0 Å². The maximum atomic E-state index is 8.43. The van der Waals surface area contributed by atoms with E-state index in [9.17, 15) is 0 Å². The second-order valence-corrected chi connectivity index (χ2v) is 2.03. The van der Waals surface area contributed by atoms with E-state index in [1.807, 2.05) is 13.0 Å². The third kappa shape index (κ3) is 3.78. The van der Waals surface area contributed by atoms with Crippen molar-refractivity contribution in [2.75, 3.05) is 0 Å². The van der Waals surface area contributed by atoms with Crippen molar-refractivity contribution in [2.24, 2.45) is 0 Å². The van der Waals surface area contributed by atoms with Crippen molar-refractivity contribution in [3.8, 4) is 6.07 Å². The summed E-state index contributed by atoms with van der Waals surface area (Å²) in [6.45, 7) is 4.04. The Morgan fingerprint density at radius 2 is 2.33 bits per heavy atom. The van der Waals surface area contributed by atoms with E-state index >= 15 is 0 Å². The molecule has 0 aliphatic rings. The molecule has 0 spiro atoms. The Hall–Kier alpha value is -0.770. The highest BCUT2D eigenvalue weighted by atomic mass is 14.2. The maximum Gasteiger partial charge on any atom is 0.0943 e. The second kappa shape index (κ2) is 5.37. The van der Waals surface area contributed by atoms with E-state index in [4.69, 9.17) is 5.26 Å². The molecule has 0 heterocycles. The predicted molar refractivity (Wildman–Crippen MR) is 38.9 cm³/mol. The van der Waals surface area contributed by atoms with Gasteiger partial charge < -0.3 is 0 Å². The van der Waals surface area contributed by atoms with Gasteiger partial charge >= 0.3 is 0 Å². The fraction of sp³-hybridized carbons (Fsp3) is 0.625. The molecule has 0 aromatic heterocycles. The Balaban J connectivity index is 3.49. The molecule has 0 saturated carbocycles. The van der Waals surface area contributed by atoms with Crippen LogP contribution in [-0.2, 0) is 0 Å². The van der Waals surface area contributed by atoms with Gasteiger partial charge in [-0.25, -0.2) is 0 Å². The summed E-state index contributed by atoms with van der Waals surface area (Å²) in [6, 6.07) is 2.15. The standard InChI is InChI=1S/C8H13N/c1-3-5-6-8(4-2)7-9/h4H,3,5-6H2,1-2H3/b8-4+. The van der Waals surface area contributed by atoms with Crippen molar-refractivity contribution in [1.29, 1.82) is 5.26 Å². The minimum absolute atomic E-state index is 0.914. The lowest BCUT2D eigenvalue weighted by Crippen LogP contribution is -1.77. The Morgan fingerprint density at radius 1 is 1.67 bits per heavy atom. The van der Waals surface area contributed by atoms with Crippen LogP contribution in [0.1, 0.15) is 33.1 Å². The van der Waals surface area contributed by atoms with Gasteiger partial charge in [0.25, 0.3) is 0 Å². The van der Waals surface area contributed by atoms with Crippen LogP contribution in [0, 0.1) is 11.3 Å². The molecule has 0 N–H and O–H groups in total. The molecule has 1 heteroatoms. The first kappa shape index (κ1) is 8.23. The predicted octanol–water partition coefficient (Wildman–Crippen LogP) is 2.65. The van der Waals surface area contributed by atoms with E-state index in [-0.39, 0.29) is 0 Å². The van der Waals surface area contributed by atoms with Crippen molar-refractivity contribution in [2.45, 2.75) is 33.1 Å². The summed E-state index contributed by atoms with van der Waals surface area (Å²) in [5.41, 5.74) is 0.914. The number of rotatable bonds is 3. The number of hydrogen-bond donors (Lipinski definition) is 0. The highest BCUT2D eigenvalue weighted by Gasteiger charge is 1.89. The zero-order chi connectivity index (χ0) is 7.11. The Morgan fingerprint density at radius 3 is 2.67 bits per heavy atom. The molecule has 0 amide bonds. The molecule has 0 atom stereocenters. The normalized spacial score (nSPS) is 11.0. The minimum Gasteiger partial charge on any atom is -0.193 e. The molecule has 1 nitrogen and oxygen atoms in total. The first-order valence-corrected chi connectivity index (χ1v) is 3.40. The second-order valence-electron chi connectivity index (χ2n) is 2.03. The lowest BCUT2D eigenvalue weighted by atomic mass is 10.1. The number of nitrogens with zero attached hydrogens (tertiary/aromatic N) is 1. The molecule has 0 aromatic rings. The smallest absolute Gasteiger partial charge is 0.0943 e.